The molecule has 1 heterocycles. The molecule has 12 heavy (non-hydrogen) atoms. The van der Waals surface area contributed by atoms with Gasteiger partial charge in [-0.2, -0.15) is 0 Å². The maximum Gasteiger partial charge on any atom is 0.0398 e. The van der Waals surface area contributed by atoms with Crippen molar-refractivity contribution in [1.29, 1.82) is 0 Å². The van der Waals surface area contributed by atoms with E-state index in [2.05, 4.69) is 37.4 Å². The molecule has 1 nitrogen and oxygen atoms in total. The standard InChI is InChI=1S/C11H17N/c1-4-7-12-8-10(5-2)11(6-3)9-12/h4,8-9H,1,5-7H2,2-3H3. The van der Waals surface area contributed by atoms with Gasteiger partial charge in [-0.15, -0.1) is 6.58 Å². The molecule has 1 aromatic heterocycles. The van der Waals surface area contributed by atoms with Crippen LogP contribution in [-0.2, 0) is 19.4 Å². The van der Waals surface area contributed by atoms with Crippen LogP contribution in [0, 0.1) is 0 Å². The fourth-order valence-corrected chi connectivity index (χ4v) is 1.49. The van der Waals surface area contributed by atoms with E-state index in [1.165, 1.54) is 11.1 Å². The largest absolute Gasteiger partial charge is 0.350 e. The van der Waals surface area contributed by atoms with Gasteiger partial charge in [0.1, 0.15) is 0 Å². The Labute approximate surface area is 74.7 Å². The number of aryl methyl sites for hydroxylation is 2. The molecule has 0 radical (unpaired) electrons. The van der Waals surface area contributed by atoms with E-state index < -0.39 is 0 Å². The maximum atomic E-state index is 3.73. The number of aromatic nitrogens is 1. The quantitative estimate of drug-likeness (QED) is 0.601. The molecule has 0 fully saturated rings. The second-order valence-corrected chi connectivity index (χ2v) is 3.00. The average molecular weight is 163 g/mol. The van der Waals surface area contributed by atoms with Gasteiger partial charge in [0.15, 0.2) is 0 Å². The van der Waals surface area contributed by atoms with Crippen LogP contribution < -0.4 is 0 Å². The summed E-state index contributed by atoms with van der Waals surface area (Å²) in [4.78, 5) is 0. The lowest BCUT2D eigenvalue weighted by molar-refractivity contribution is 0.824. The first kappa shape index (κ1) is 9.11. The second kappa shape index (κ2) is 4.15. The van der Waals surface area contributed by atoms with Crippen LogP contribution in [0.3, 0.4) is 0 Å². The summed E-state index contributed by atoms with van der Waals surface area (Å²) >= 11 is 0. The zero-order valence-corrected chi connectivity index (χ0v) is 8.01. The summed E-state index contributed by atoms with van der Waals surface area (Å²) in [6.45, 7) is 9.05. The minimum atomic E-state index is 0.924. The molecule has 0 aliphatic rings. The fourth-order valence-electron chi connectivity index (χ4n) is 1.49. The highest BCUT2D eigenvalue weighted by Gasteiger charge is 2.01. The zero-order valence-electron chi connectivity index (χ0n) is 8.01. The lowest BCUT2D eigenvalue weighted by atomic mass is 10.1. The van der Waals surface area contributed by atoms with Crippen LogP contribution in [0.2, 0.25) is 0 Å². The number of allylic oxidation sites excluding steroid dienone is 1. The van der Waals surface area contributed by atoms with Gasteiger partial charge in [-0.25, -0.2) is 0 Å². The smallest absolute Gasteiger partial charge is 0.0398 e. The van der Waals surface area contributed by atoms with Crippen LogP contribution in [0.1, 0.15) is 25.0 Å². The summed E-state index contributed by atoms with van der Waals surface area (Å²) in [5.41, 5.74) is 2.94. The minimum absolute atomic E-state index is 0.924. The van der Waals surface area contributed by atoms with Gasteiger partial charge in [0.2, 0.25) is 0 Å². The SMILES string of the molecule is C=CCn1cc(CC)c(CC)c1. The zero-order chi connectivity index (χ0) is 8.97. The molecule has 0 spiro atoms. The highest BCUT2D eigenvalue weighted by Crippen LogP contribution is 2.12. The molecule has 1 rings (SSSR count). The van der Waals surface area contributed by atoms with E-state index in [4.69, 9.17) is 0 Å². The van der Waals surface area contributed by atoms with Crippen molar-refractivity contribution >= 4 is 0 Å². The molecular weight excluding hydrogens is 146 g/mol. The summed E-state index contributed by atoms with van der Waals surface area (Å²) in [6, 6.07) is 0. The topological polar surface area (TPSA) is 4.93 Å². The summed E-state index contributed by atoms with van der Waals surface area (Å²) in [5.74, 6) is 0. The van der Waals surface area contributed by atoms with Crippen molar-refractivity contribution in [1.82, 2.24) is 4.57 Å². The molecule has 0 bridgehead atoms. The van der Waals surface area contributed by atoms with Crippen molar-refractivity contribution < 1.29 is 0 Å². The Bertz CT molecular complexity index is 236. The predicted molar refractivity (Wildman–Crippen MR) is 53.4 cm³/mol. The molecule has 0 amide bonds. The Morgan fingerprint density at radius 3 is 2.08 bits per heavy atom. The van der Waals surface area contributed by atoms with Crippen molar-refractivity contribution in [2.75, 3.05) is 0 Å². The van der Waals surface area contributed by atoms with Gasteiger partial charge in [-0.1, -0.05) is 19.9 Å². The van der Waals surface area contributed by atoms with E-state index in [0.717, 1.165) is 19.4 Å². The van der Waals surface area contributed by atoms with Gasteiger partial charge in [0.25, 0.3) is 0 Å². The van der Waals surface area contributed by atoms with Crippen LogP contribution in [-0.4, -0.2) is 4.57 Å². The number of hydrogen-bond donors (Lipinski definition) is 0. The Kier molecular flexibility index (Phi) is 3.15. The van der Waals surface area contributed by atoms with Crippen molar-refractivity contribution in [3.8, 4) is 0 Å². The lowest BCUT2D eigenvalue weighted by Gasteiger charge is -1.93. The average Bonchev–Trinajstić information content (AvgIpc) is 2.48. The van der Waals surface area contributed by atoms with E-state index in [0.29, 0.717) is 0 Å². The molecule has 0 unspecified atom stereocenters. The van der Waals surface area contributed by atoms with Crippen LogP contribution in [0.25, 0.3) is 0 Å². The summed E-state index contributed by atoms with van der Waals surface area (Å²) in [6.07, 6.45) is 8.64. The molecule has 1 heteroatoms. The van der Waals surface area contributed by atoms with Gasteiger partial charge in [-0.3, -0.25) is 0 Å². The van der Waals surface area contributed by atoms with Crippen LogP contribution >= 0.6 is 0 Å². The number of rotatable bonds is 4. The normalized spacial score (nSPS) is 10.2. The van der Waals surface area contributed by atoms with Crippen LogP contribution in [0.15, 0.2) is 25.0 Å². The first-order valence-corrected chi connectivity index (χ1v) is 4.60. The van der Waals surface area contributed by atoms with E-state index in [1.54, 1.807) is 0 Å². The van der Waals surface area contributed by atoms with Crippen molar-refractivity contribution in [2.24, 2.45) is 0 Å². The first-order valence-electron chi connectivity index (χ1n) is 4.60. The predicted octanol–water partition coefficient (Wildman–Crippen LogP) is 2.80. The van der Waals surface area contributed by atoms with Gasteiger partial charge in [0.05, 0.1) is 0 Å². The molecular formula is C11H17N. The van der Waals surface area contributed by atoms with Gasteiger partial charge in [0, 0.05) is 18.9 Å². The summed E-state index contributed by atoms with van der Waals surface area (Å²) in [7, 11) is 0. The van der Waals surface area contributed by atoms with Crippen LogP contribution in [0.5, 0.6) is 0 Å². The maximum absolute atomic E-state index is 3.73. The fraction of sp³-hybridized carbons (Fsp3) is 0.455. The van der Waals surface area contributed by atoms with E-state index in [1.807, 2.05) is 6.08 Å². The lowest BCUT2D eigenvalue weighted by Crippen LogP contribution is -1.88. The Morgan fingerprint density at radius 2 is 1.75 bits per heavy atom. The summed E-state index contributed by atoms with van der Waals surface area (Å²) < 4.78 is 2.20. The Balaban J connectivity index is 2.88. The van der Waals surface area contributed by atoms with E-state index >= 15 is 0 Å². The van der Waals surface area contributed by atoms with Crippen molar-refractivity contribution in [3.63, 3.8) is 0 Å². The summed E-state index contributed by atoms with van der Waals surface area (Å²) in [5, 5.41) is 0. The van der Waals surface area contributed by atoms with E-state index in [9.17, 15) is 0 Å². The van der Waals surface area contributed by atoms with Crippen LogP contribution in [0.4, 0.5) is 0 Å². The van der Waals surface area contributed by atoms with Crippen molar-refractivity contribution in [2.45, 2.75) is 33.2 Å². The highest BCUT2D eigenvalue weighted by atomic mass is 14.9. The third-order valence-corrected chi connectivity index (χ3v) is 2.16. The minimum Gasteiger partial charge on any atom is -0.350 e. The molecule has 0 aliphatic heterocycles. The molecule has 0 saturated carbocycles. The van der Waals surface area contributed by atoms with Gasteiger partial charge < -0.3 is 4.57 Å². The Morgan fingerprint density at radius 1 is 1.25 bits per heavy atom. The highest BCUT2D eigenvalue weighted by molar-refractivity contribution is 5.24. The molecule has 0 aromatic carbocycles. The molecule has 0 saturated heterocycles. The molecule has 1 aromatic rings. The van der Waals surface area contributed by atoms with Crippen molar-refractivity contribution in [3.05, 3.63) is 36.2 Å². The third-order valence-electron chi connectivity index (χ3n) is 2.16. The molecule has 0 N–H and O–H groups in total. The molecule has 0 atom stereocenters. The van der Waals surface area contributed by atoms with E-state index in [-0.39, 0.29) is 0 Å². The third kappa shape index (κ3) is 1.79. The number of nitrogens with zero attached hydrogens (tertiary/aromatic N) is 1. The first-order chi connectivity index (χ1) is 5.81. The monoisotopic (exact) mass is 163 g/mol. The molecule has 66 valence electrons. The molecule has 0 aliphatic carbocycles. The van der Waals surface area contributed by atoms with Gasteiger partial charge >= 0.3 is 0 Å². The second-order valence-electron chi connectivity index (χ2n) is 3.00. The van der Waals surface area contributed by atoms with Gasteiger partial charge in [-0.05, 0) is 24.0 Å². The Hall–Kier alpha value is -0.980. The number of hydrogen-bond acceptors (Lipinski definition) is 0.